The zero-order valence-electron chi connectivity index (χ0n) is 11.7. The van der Waals surface area contributed by atoms with Crippen LogP contribution in [0.5, 0.6) is 0 Å². The van der Waals surface area contributed by atoms with Gasteiger partial charge in [-0.25, -0.2) is 9.97 Å². The Labute approximate surface area is 142 Å². The van der Waals surface area contributed by atoms with Gasteiger partial charge in [0.05, 0.1) is 22.8 Å². The average Bonchev–Trinajstić information content (AvgIpc) is 2.88. The summed E-state index contributed by atoms with van der Waals surface area (Å²) in [6.07, 6.45) is -2.28. The maximum absolute atomic E-state index is 12.9. The third kappa shape index (κ3) is 3.07. The maximum Gasteiger partial charge on any atom is 0.416 e. The molecule has 9 heteroatoms. The van der Waals surface area contributed by atoms with Gasteiger partial charge in [-0.2, -0.15) is 13.2 Å². The molecule has 0 saturated heterocycles. The van der Waals surface area contributed by atoms with E-state index in [1.807, 2.05) is 0 Å². The summed E-state index contributed by atoms with van der Waals surface area (Å²) in [5, 5.41) is 11.9. The first-order valence-electron chi connectivity index (χ1n) is 6.80. The van der Waals surface area contributed by atoms with Crippen molar-refractivity contribution in [1.82, 2.24) is 14.4 Å². The molecular formula is C14H12F3IN4O. The third-order valence-electron chi connectivity index (χ3n) is 3.33. The monoisotopic (exact) mass is 436 g/mol. The second kappa shape index (κ2) is 6.11. The summed E-state index contributed by atoms with van der Waals surface area (Å²) in [6, 6.07) is 3.47. The molecule has 0 bridgehead atoms. The average molecular weight is 436 g/mol. The summed E-state index contributed by atoms with van der Waals surface area (Å²) in [5.41, 5.74) is 0.588. The fraction of sp³-hybridized carbons (Fsp3) is 0.286. The number of benzene rings is 1. The molecule has 1 aromatic carbocycles. The molecule has 5 nitrogen and oxygen atoms in total. The largest absolute Gasteiger partial charge is 0.416 e. The van der Waals surface area contributed by atoms with E-state index in [1.54, 1.807) is 10.6 Å². The van der Waals surface area contributed by atoms with Crippen molar-refractivity contribution in [3.8, 4) is 0 Å². The van der Waals surface area contributed by atoms with E-state index in [4.69, 9.17) is 5.11 Å². The van der Waals surface area contributed by atoms with Crippen molar-refractivity contribution in [2.24, 2.45) is 0 Å². The number of hydrogen-bond acceptors (Lipinski definition) is 4. The Kier molecular flexibility index (Phi) is 4.32. The topological polar surface area (TPSA) is 62.5 Å². The normalized spacial score (nSPS) is 12.2. The van der Waals surface area contributed by atoms with Gasteiger partial charge < -0.3 is 10.4 Å². The molecule has 0 aliphatic carbocycles. The second-order valence-corrected chi connectivity index (χ2v) is 6.01. The molecule has 0 saturated carbocycles. The van der Waals surface area contributed by atoms with Gasteiger partial charge >= 0.3 is 6.18 Å². The van der Waals surface area contributed by atoms with Gasteiger partial charge in [0.15, 0.2) is 11.5 Å². The zero-order chi connectivity index (χ0) is 16.6. The van der Waals surface area contributed by atoms with E-state index in [9.17, 15) is 13.2 Å². The van der Waals surface area contributed by atoms with E-state index in [0.717, 1.165) is 15.8 Å². The number of rotatable bonds is 4. The highest BCUT2D eigenvalue weighted by Crippen LogP contribution is 2.32. The zero-order valence-corrected chi connectivity index (χ0v) is 13.9. The SMILES string of the molecule is OCCCNc1nc2cc(C(F)(F)F)ccc2n2c(I)cnc12. The number of aliphatic hydroxyl groups excluding tert-OH is 1. The van der Waals surface area contributed by atoms with Crippen molar-refractivity contribution < 1.29 is 18.3 Å². The van der Waals surface area contributed by atoms with Crippen molar-refractivity contribution in [2.45, 2.75) is 12.6 Å². The molecule has 0 amide bonds. The highest BCUT2D eigenvalue weighted by molar-refractivity contribution is 14.1. The summed E-state index contributed by atoms with van der Waals surface area (Å²) >= 11 is 2.07. The summed E-state index contributed by atoms with van der Waals surface area (Å²) in [6.45, 7) is 0.466. The van der Waals surface area contributed by atoms with E-state index in [1.165, 1.54) is 6.07 Å². The lowest BCUT2D eigenvalue weighted by atomic mass is 10.2. The Balaban J connectivity index is 2.21. The summed E-state index contributed by atoms with van der Waals surface area (Å²) < 4.78 is 41.2. The van der Waals surface area contributed by atoms with Crippen LogP contribution in [0.3, 0.4) is 0 Å². The molecule has 0 fully saturated rings. The number of imidazole rings is 1. The van der Waals surface area contributed by atoms with Gasteiger partial charge in [0.2, 0.25) is 0 Å². The van der Waals surface area contributed by atoms with Crippen LogP contribution in [0, 0.1) is 3.70 Å². The number of fused-ring (bicyclic) bond motifs is 3. The van der Waals surface area contributed by atoms with E-state index in [-0.39, 0.29) is 12.1 Å². The smallest absolute Gasteiger partial charge is 0.396 e. The number of anilines is 1. The summed E-state index contributed by atoms with van der Waals surface area (Å²) in [7, 11) is 0. The fourth-order valence-electron chi connectivity index (χ4n) is 2.28. The van der Waals surface area contributed by atoms with E-state index >= 15 is 0 Å². The molecule has 0 aliphatic rings. The Hall–Kier alpha value is -1.62. The molecule has 2 aromatic heterocycles. The van der Waals surface area contributed by atoms with Gasteiger partial charge in [0.25, 0.3) is 0 Å². The first-order valence-corrected chi connectivity index (χ1v) is 7.88. The van der Waals surface area contributed by atoms with Gasteiger partial charge in [-0.15, -0.1) is 0 Å². The Morgan fingerprint density at radius 3 is 2.78 bits per heavy atom. The molecule has 2 heterocycles. The van der Waals surface area contributed by atoms with Crippen LogP contribution in [0.4, 0.5) is 19.0 Å². The van der Waals surface area contributed by atoms with E-state index in [0.29, 0.717) is 29.9 Å². The molecular weight excluding hydrogens is 424 g/mol. The lowest BCUT2D eigenvalue weighted by Crippen LogP contribution is -2.09. The number of hydrogen-bond donors (Lipinski definition) is 2. The number of aromatic nitrogens is 3. The maximum atomic E-state index is 12.9. The fourth-order valence-corrected chi connectivity index (χ4v) is 2.91. The van der Waals surface area contributed by atoms with Gasteiger partial charge in [-0.05, 0) is 47.2 Å². The first-order chi connectivity index (χ1) is 10.9. The van der Waals surface area contributed by atoms with Crippen LogP contribution >= 0.6 is 22.6 Å². The molecule has 23 heavy (non-hydrogen) atoms. The first kappa shape index (κ1) is 16.2. The minimum absolute atomic E-state index is 0.0149. The van der Waals surface area contributed by atoms with Crippen LogP contribution in [0.1, 0.15) is 12.0 Å². The Bertz CT molecular complexity index is 862. The van der Waals surface area contributed by atoms with E-state index in [2.05, 4.69) is 37.9 Å². The van der Waals surface area contributed by atoms with Crippen molar-refractivity contribution in [3.63, 3.8) is 0 Å². The number of aliphatic hydroxyl groups is 1. The Morgan fingerprint density at radius 1 is 1.30 bits per heavy atom. The lowest BCUT2D eigenvalue weighted by molar-refractivity contribution is -0.137. The van der Waals surface area contributed by atoms with Crippen LogP contribution in [0.25, 0.3) is 16.7 Å². The van der Waals surface area contributed by atoms with Crippen molar-refractivity contribution in [2.75, 3.05) is 18.5 Å². The molecule has 0 spiro atoms. The van der Waals surface area contributed by atoms with Crippen LogP contribution < -0.4 is 5.32 Å². The molecule has 3 aromatic rings. The predicted molar refractivity (Wildman–Crippen MR) is 88.4 cm³/mol. The van der Waals surface area contributed by atoms with Crippen LogP contribution in [0.2, 0.25) is 0 Å². The number of alkyl halides is 3. The minimum Gasteiger partial charge on any atom is -0.396 e. The quantitative estimate of drug-likeness (QED) is 0.487. The molecule has 2 N–H and O–H groups in total. The molecule has 122 valence electrons. The second-order valence-electron chi connectivity index (χ2n) is 4.91. The highest BCUT2D eigenvalue weighted by Gasteiger charge is 2.31. The van der Waals surface area contributed by atoms with Gasteiger partial charge in [0, 0.05) is 13.2 Å². The number of nitrogens with one attached hydrogen (secondary N) is 1. The van der Waals surface area contributed by atoms with E-state index < -0.39 is 11.7 Å². The number of nitrogens with zero attached hydrogens (tertiary/aromatic N) is 3. The van der Waals surface area contributed by atoms with Crippen LogP contribution in [-0.4, -0.2) is 32.6 Å². The standard InChI is InChI=1S/C14H12F3IN4O/c15-14(16,17)8-2-3-10-9(6-8)21-12(19-4-1-5-23)13-20-7-11(18)22(10)13/h2-3,6-7,23H,1,4-5H2,(H,19,21). The number of halogens is 4. The molecule has 0 unspecified atom stereocenters. The lowest BCUT2D eigenvalue weighted by Gasteiger charge is -2.12. The minimum atomic E-state index is -4.42. The van der Waals surface area contributed by atoms with Crippen LogP contribution in [0.15, 0.2) is 24.4 Å². The summed E-state index contributed by atoms with van der Waals surface area (Å²) in [5.74, 6) is 0.396. The molecule has 0 atom stereocenters. The molecule has 0 aliphatic heterocycles. The van der Waals surface area contributed by atoms with Crippen molar-refractivity contribution in [3.05, 3.63) is 33.7 Å². The predicted octanol–water partition coefficient (Wildman–Crippen LogP) is 3.30. The van der Waals surface area contributed by atoms with Gasteiger partial charge in [0.1, 0.15) is 3.70 Å². The third-order valence-corrected chi connectivity index (χ3v) is 4.09. The van der Waals surface area contributed by atoms with Gasteiger partial charge in [-0.3, -0.25) is 4.40 Å². The van der Waals surface area contributed by atoms with Crippen LogP contribution in [-0.2, 0) is 6.18 Å². The highest BCUT2D eigenvalue weighted by atomic mass is 127. The van der Waals surface area contributed by atoms with Crippen molar-refractivity contribution in [1.29, 1.82) is 0 Å². The summed E-state index contributed by atoms with van der Waals surface area (Å²) in [4.78, 5) is 8.55. The Morgan fingerprint density at radius 2 is 2.09 bits per heavy atom. The van der Waals surface area contributed by atoms with Crippen molar-refractivity contribution >= 4 is 45.1 Å². The van der Waals surface area contributed by atoms with Gasteiger partial charge in [-0.1, -0.05) is 0 Å². The molecule has 0 radical (unpaired) electrons. The molecule has 3 rings (SSSR count).